The van der Waals surface area contributed by atoms with Gasteiger partial charge in [0, 0.05) is 12.3 Å². The topological polar surface area (TPSA) is 113 Å². The molecule has 0 unspecified atom stereocenters. The summed E-state index contributed by atoms with van der Waals surface area (Å²) < 4.78 is 21.4. The van der Waals surface area contributed by atoms with Crippen molar-refractivity contribution in [1.82, 2.24) is 24.5 Å². The van der Waals surface area contributed by atoms with Gasteiger partial charge in [-0.2, -0.15) is 0 Å². The summed E-state index contributed by atoms with van der Waals surface area (Å²) in [4.78, 5) is 26.0. The lowest BCUT2D eigenvalue weighted by Gasteiger charge is -2.24. The first kappa shape index (κ1) is 19.4. The molecule has 1 N–H and O–H groups in total. The minimum absolute atomic E-state index is 0.384. The van der Waals surface area contributed by atoms with Gasteiger partial charge in [0.05, 0.1) is 12.7 Å². The van der Waals surface area contributed by atoms with Crippen molar-refractivity contribution in [3.63, 3.8) is 0 Å². The molecule has 0 radical (unpaired) electrons. The Hall–Kier alpha value is -2.56. The van der Waals surface area contributed by atoms with E-state index in [0.29, 0.717) is 6.54 Å². The number of hydrogen-bond donors (Lipinski definition) is 1. The van der Waals surface area contributed by atoms with Crippen LogP contribution in [-0.4, -0.2) is 48.6 Å². The number of nitrogens with zero attached hydrogens (tertiary/aromatic N) is 4. The smallest absolute Gasteiger partial charge is 0.330 e. The maximum absolute atomic E-state index is 12.3. The molecular formula is C20H25N5O5. The standard InChI is InChI=1S/C20H25N5O5/c1-20(2)29-16-14(11-24-10-13(22-23-24)12-6-4-3-5-7-12)28-18(17(16)30-20)25-9-8-15(26)21-19(25)27/h6,8-10,14,16-18H,3-5,7,11H2,1-2H3,(H,21,26,27)/t14-,16-,17-,18-/m1/s1. The van der Waals surface area contributed by atoms with Gasteiger partial charge < -0.3 is 14.2 Å². The maximum Gasteiger partial charge on any atom is 0.330 e. The first-order valence-electron chi connectivity index (χ1n) is 10.3. The van der Waals surface area contributed by atoms with Crippen LogP contribution in [0.15, 0.2) is 34.1 Å². The molecule has 3 aliphatic rings. The van der Waals surface area contributed by atoms with E-state index in [-0.39, 0.29) is 6.10 Å². The van der Waals surface area contributed by atoms with Crippen LogP contribution in [0, 0.1) is 0 Å². The number of H-pyrrole nitrogens is 1. The Bertz CT molecular complexity index is 1080. The average Bonchev–Trinajstić information content (AvgIpc) is 3.38. The van der Waals surface area contributed by atoms with Crippen LogP contribution in [0.25, 0.3) is 5.57 Å². The van der Waals surface area contributed by atoms with E-state index in [2.05, 4.69) is 21.4 Å². The van der Waals surface area contributed by atoms with Crippen LogP contribution in [0.4, 0.5) is 0 Å². The van der Waals surface area contributed by atoms with E-state index in [1.54, 1.807) is 4.68 Å². The van der Waals surface area contributed by atoms with E-state index in [0.717, 1.165) is 18.5 Å². The van der Waals surface area contributed by atoms with Crippen molar-refractivity contribution in [1.29, 1.82) is 0 Å². The van der Waals surface area contributed by atoms with Crippen LogP contribution in [0.3, 0.4) is 0 Å². The highest BCUT2D eigenvalue weighted by Crippen LogP contribution is 2.43. The van der Waals surface area contributed by atoms with Crippen molar-refractivity contribution < 1.29 is 14.2 Å². The molecule has 2 aliphatic heterocycles. The molecule has 2 aromatic rings. The largest absolute Gasteiger partial charge is 0.347 e. The fourth-order valence-electron chi connectivity index (χ4n) is 4.45. The summed E-state index contributed by atoms with van der Waals surface area (Å²) in [5.74, 6) is -0.804. The van der Waals surface area contributed by atoms with Crippen molar-refractivity contribution in [2.24, 2.45) is 0 Å². The lowest BCUT2D eigenvalue weighted by molar-refractivity contribution is -0.198. The van der Waals surface area contributed by atoms with Gasteiger partial charge in [0.15, 0.2) is 12.0 Å². The SMILES string of the molecule is CC1(C)O[C@@H]2[C@H](O1)[C@@H](Cn1cc(C3=CCCCC3)nn1)O[C@H]2n1ccc(=O)[nH]c1=O. The van der Waals surface area contributed by atoms with Gasteiger partial charge in [-0.25, -0.2) is 9.48 Å². The van der Waals surface area contributed by atoms with Crippen molar-refractivity contribution in [2.75, 3.05) is 0 Å². The van der Waals surface area contributed by atoms with Crippen molar-refractivity contribution in [3.05, 3.63) is 51.1 Å². The molecule has 2 aromatic heterocycles. The van der Waals surface area contributed by atoms with Crippen LogP contribution >= 0.6 is 0 Å². The van der Waals surface area contributed by atoms with Gasteiger partial charge in [0.25, 0.3) is 5.56 Å². The van der Waals surface area contributed by atoms with Crippen molar-refractivity contribution in [2.45, 2.75) is 76.4 Å². The molecule has 0 amide bonds. The lowest BCUT2D eigenvalue weighted by atomic mass is 9.98. The summed E-state index contributed by atoms with van der Waals surface area (Å²) in [6.07, 6.45) is 8.08. The third kappa shape index (κ3) is 3.55. The number of rotatable bonds is 4. The zero-order valence-corrected chi connectivity index (χ0v) is 17.0. The van der Waals surface area contributed by atoms with Gasteiger partial charge in [-0.3, -0.25) is 14.3 Å². The molecular weight excluding hydrogens is 390 g/mol. The fourth-order valence-corrected chi connectivity index (χ4v) is 4.45. The summed E-state index contributed by atoms with van der Waals surface area (Å²) in [6, 6.07) is 1.29. The molecule has 2 fully saturated rings. The van der Waals surface area contributed by atoms with Crippen LogP contribution in [0.1, 0.15) is 51.5 Å². The predicted molar refractivity (Wildman–Crippen MR) is 106 cm³/mol. The summed E-state index contributed by atoms with van der Waals surface area (Å²) >= 11 is 0. The van der Waals surface area contributed by atoms with Crippen molar-refractivity contribution >= 4 is 5.57 Å². The van der Waals surface area contributed by atoms with Gasteiger partial charge in [0.1, 0.15) is 24.0 Å². The molecule has 160 valence electrons. The number of allylic oxidation sites excluding steroid dienone is 2. The van der Waals surface area contributed by atoms with E-state index < -0.39 is 35.5 Å². The van der Waals surface area contributed by atoms with E-state index >= 15 is 0 Å². The number of nitrogens with one attached hydrogen (secondary N) is 1. The second kappa shape index (κ2) is 7.29. The zero-order chi connectivity index (χ0) is 20.9. The second-order valence-corrected chi connectivity index (χ2v) is 8.45. The van der Waals surface area contributed by atoms with E-state index in [1.807, 2.05) is 20.0 Å². The summed E-state index contributed by atoms with van der Waals surface area (Å²) in [7, 11) is 0. The Labute approximate surface area is 172 Å². The molecule has 5 rings (SSSR count). The summed E-state index contributed by atoms with van der Waals surface area (Å²) in [5, 5.41) is 8.58. The number of aromatic nitrogens is 5. The molecule has 0 saturated carbocycles. The predicted octanol–water partition coefficient (Wildman–Crippen LogP) is 1.20. The van der Waals surface area contributed by atoms with Gasteiger partial charge in [-0.1, -0.05) is 11.3 Å². The third-order valence-corrected chi connectivity index (χ3v) is 5.78. The highest BCUT2D eigenvalue weighted by Gasteiger charge is 2.56. The first-order chi connectivity index (χ1) is 14.4. The van der Waals surface area contributed by atoms with Gasteiger partial charge >= 0.3 is 5.69 Å². The van der Waals surface area contributed by atoms with Gasteiger partial charge in [-0.15, -0.1) is 5.10 Å². The molecule has 10 heteroatoms. The monoisotopic (exact) mass is 415 g/mol. The molecule has 4 atom stereocenters. The average molecular weight is 415 g/mol. The van der Waals surface area contributed by atoms with Crippen LogP contribution in [0.2, 0.25) is 0 Å². The normalized spacial score (nSPS) is 30.3. The van der Waals surface area contributed by atoms with Crippen molar-refractivity contribution in [3.8, 4) is 0 Å². The van der Waals surface area contributed by atoms with Crippen LogP contribution < -0.4 is 11.2 Å². The van der Waals surface area contributed by atoms with E-state index in [9.17, 15) is 9.59 Å². The first-order valence-corrected chi connectivity index (χ1v) is 10.3. The highest BCUT2D eigenvalue weighted by molar-refractivity contribution is 5.62. The Morgan fingerprint density at radius 3 is 2.83 bits per heavy atom. The van der Waals surface area contributed by atoms with E-state index in [4.69, 9.17) is 14.2 Å². The zero-order valence-electron chi connectivity index (χ0n) is 17.0. The second-order valence-electron chi connectivity index (χ2n) is 8.45. The number of ether oxygens (including phenoxy) is 3. The van der Waals surface area contributed by atoms with Crippen LogP contribution in [0.5, 0.6) is 0 Å². The quantitative estimate of drug-likeness (QED) is 0.798. The fraction of sp³-hybridized carbons (Fsp3) is 0.600. The molecule has 10 nitrogen and oxygen atoms in total. The number of fused-ring (bicyclic) bond motifs is 1. The lowest BCUT2D eigenvalue weighted by Crippen LogP contribution is -2.37. The van der Waals surface area contributed by atoms with Crippen LogP contribution in [-0.2, 0) is 20.8 Å². The molecule has 0 bridgehead atoms. The van der Waals surface area contributed by atoms with Gasteiger partial charge in [-0.05, 0) is 45.1 Å². The highest BCUT2D eigenvalue weighted by atomic mass is 16.8. The number of hydrogen-bond acceptors (Lipinski definition) is 7. The maximum atomic E-state index is 12.3. The Balaban J connectivity index is 1.40. The minimum Gasteiger partial charge on any atom is -0.347 e. The molecule has 0 aromatic carbocycles. The molecule has 1 aliphatic carbocycles. The Morgan fingerprint density at radius 2 is 2.07 bits per heavy atom. The number of aromatic amines is 1. The summed E-state index contributed by atoms with van der Waals surface area (Å²) in [6.45, 7) is 4.08. The molecule has 0 spiro atoms. The molecule has 4 heterocycles. The Morgan fingerprint density at radius 1 is 1.23 bits per heavy atom. The Kier molecular flexibility index (Phi) is 4.72. The third-order valence-electron chi connectivity index (χ3n) is 5.78. The molecule has 30 heavy (non-hydrogen) atoms. The van der Waals surface area contributed by atoms with E-state index in [1.165, 1.54) is 35.2 Å². The van der Waals surface area contributed by atoms with Gasteiger partial charge in [0.2, 0.25) is 0 Å². The summed E-state index contributed by atoms with van der Waals surface area (Å²) in [5.41, 5.74) is 1.12. The minimum atomic E-state index is -0.804. The molecule has 2 saturated heterocycles.